The summed E-state index contributed by atoms with van der Waals surface area (Å²) in [6.45, 7) is 1.93. The van der Waals surface area contributed by atoms with Crippen LogP contribution in [0.25, 0.3) is 0 Å². The van der Waals surface area contributed by atoms with E-state index >= 15 is 0 Å². The Kier molecular flexibility index (Phi) is 6.54. The Morgan fingerprint density at radius 3 is 3.16 bits per heavy atom. The molecular weight excluding hydrogens is 322 g/mol. The predicted molar refractivity (Wildman–Crippen MR) is 87.2 cm³/mol. The third kappa shape index (κ3) is 4.69. The molecular formula is C15H22BrNOS. The van der Waals surface area contributed by atoms with Crippen molar-refractivity contribution in [1.82, 2.24) is 5.32 Å². The van der Waals surface area contributed by atoms with Gasteiger partial charge < -0.3 is 10.1 Å². The second-order valence-corrected chi connectivity index (χ2v) is 6.78. The highest BCUT2D eigenvalue weighted by atomic mass is 79.9. The van der Waals surface area contributed by atoms with Crippen LogP contribution < -0.4 is 10.1 Å². The molecule has 0 aliphatic carbocycles. The molecule has 1 aliphatic rings. The monoisotopic (exact) mass is 343 g/mol. The predicted octanol–water partition coefficient (Wildman–Crippen LogP) is 4.40. The van der Waals surface area contributed by atoms with E-state index in [2.05, 4.69) is 45.7 Å². The maximum atomic E-state index is 5.83. The summed E-state index contributed by atoms with van der Waals surface area (Å²) >= 11 is 5.44. The maximum absolute atomic E-state index is 5.83. The minimum Gasteiger partial charge on any atom is -0.493 e. The van der Waals surface area contributed by atoms with Crippen LogP contribution in [0.3, 0.4) is 0 Å². The number of unbranched alkanes of at least 4 members (excludes halogenated alkanes) is 1. The third-order valence-corrected chi connectivity index (χ3v) is 4.60. The second kappa shape index (κ2) is 8.18. The van der Waals surface area contributed by atoms with E-state index in [9.17, 15) is 0 Å². The van der Waals surface area contributed by atoms with Crippen LogP contribution in [-0.2, 0) is 0 Å². The van der Waals surface area contributed by atoms with Gasteiger partial charge in [0, 0.05) is 16.1 Å². The molecule has 0 spiro atoms. The summed E-state index contributed by atoms with van der Waals surface area (Å²) in [4.78, 5) is 0. The highest BCUT2D eigenvalue weighted by Crippen LogP contribution is 2.33. The summed E-state index contributed by atoms with van der Waals surface area (Å²) in [7, 11) is 0. The number of ether oxygens (including phenoxy) is 1. The molecule has 4 heteroatoms. The quantitative estimate of drug-likeness (QED) is 0.773. The van der Waals surface area contributed by atoms with E-state index in [1.54, 1.807) is 0 Å². The van der Waals surface area contributed by atoms with E-state index in [4.69, 9.17) is 4.74 Å². The van der Waals surface area contributed by atoms with Crippen LogP contribution in [0, 0.1) is 0 Å². The normalized spacial score (nSPS) is 18.5. The first-order valence-corrected chi connectivity index (χ1v) is 9.14. The fourth-order valence-electron chi connectivity index (χ4n) is 2.41. The van der Waals surface area contributed by atoms with Crippen molar-refractivity contribution < 1.29 is 4.74 Å². The van der Waals surface area contributed by atoms with E-state index in [1.807, 2.05) is 11.8 Å². The molecule has 0 aromatic heterocycles. The van der Waals surface area contributed by atoms with Gasteiger partial charge in [-0.3, -0.25) is 0 Å². The van der Waals surface area contributed by atoms with Crippen LogP contribution >= 0.6 is 27.7 Å². The molecule has 1 unspecified atom stereocenters. The lowest BCUT2D eigenvalue weighted by molar-refractivity contribution is 0.315. The van der Waals surface area contributed by atoms with E-state index in [1.165, 1.54) is 24.2 Å². The molecule has 1 atom stereocenters. The van der Waals surface area contributed by atoms with Crippen LogP contribution in [0.1, 0.15) is 37.3 Å². The number of benzene rings is 1. The fourth-order valence-corrected chi connectivity index (χ4v) is 3.24. The molecule has 1 aromatic carbocycles. The molecule has 1 N–H and O–H groups in total. The Hall–Kier alpha value is -0.190. The van der Waals surface area contributed by atoms with Gasteiger partial charge in [-0.05, 0) is 56.4 Å². The van der Waals surface area contributed by atoms with Gasteiger partial charge in [0.25, 0.3) is 0 Å². The molecule has 2 nitrogen and oxygen atoms in total. The van der Waals surface area contributed by atoms with Crippen molar-refractivity contribution in [1.29, 1.82) is 0 Å². The average Bonchev–Trinajstić information content (AvgIpc) is 2.60. The minimum absolute atomic E-state index is 0.444. The SMILES string of the molecule is CSCCCCNC1CCCOc2cc(Br)ccc21. The van der Waals surface area contributed by atoms with Gasteiger partial charge in [-0.15, -0.1) is 0 Å². The summed E-state index contributed by atoms with van der Waals surface area (Å²) in [6, 6.07) is 6.82. The Labute approximate surface area is 128 Å². The van der Waals surface area contributed by atoms with E-state index < -0.39 is 0 Å². The zero-order valence-electron chi connectivity index (χ0n) is 11.5. The van der Waals surface area contributed by atoms with Crippen molar-refractivity contribution in [3.8, 4) is 5.75 Å². The molecule has 19 heavy (non-hydrogen) atoms. The Balaban J connectivity index is 1.93. The Morgan fingerprint density at radius 1 is 1.42 bits per heavy atom. The van der Waals surface area contributed by atoms with Crippen molar-refractivity contribution in [3.05, 3.63) is 28.2 Å². The molecule has 0 bridgehead atoms. The minimum atomic E-state index is 0.444. The first-order valence-electron chi connectivity index (χ1n) is 6.96. The Bertz CT molecular complexity index is 400. The van der Waals surface area contributed by atoms with Gasteiger partial charge in [-0.1, -0.05) is 22.0 Å². The van der Waals surface area contributed by atoms with Crippen LogP contribution in [-0.4, -0.2) is 25.2 Å². The highest BCUT2D eigenvalue weighted by Gasteiger charge is 2.19. The first-order chi connectivity index (χ1) is 9.31. The molecule has 0 fully saturated rings. The van der Waals surface area contributed by atoms with Crippen molar-refractivity contribution >= 4 is 27.7 Å². The zero-order chi connectivity index (χ0) is 13.5. The largest absolute Gasteiger partial charge is 0.493 e. The third-order valence-electron chi connectivity index (χ3n) is 3.41. The lowest BCUT2D eigenvalue weighted by Gasteiger charge is -2.18. The number of rotatable bonds is 6. The number of fused-ring (bicyclic) bond motifs is 1. The molecule has 106 valence electrons. The van der Waals surface area contributed by atoms with Gasteiger partial charge in [0.1, 0.15) is 5.75 Å². The summed E-state index contributed by atoms with van der Waals surface area (Å²) in [5, 5.41) is 3.69. The first kappa shape index (κ1) is 15.2. The number of halogens is 1. The summed E-state index contributed by atoms with van der Waals surface area (Å²) in [6.07, 6.45) is 7.00. The van der Waals surface area contributed by atoms with Gasteiger partial charge in [0.15, 0.2) is 0 Å². The average molecular weight is 344 g/mol. The van der Waals surface area contributed by atoms with Crippen molar-refractivity contribution in [2.45, 2.75) is 31.7 Å². The number of nitrogens with one attached hydrogen (secondary N) is 1. The lowest BCUT2D eigenvalue weighted by Crippen LogP contribution is -2.22. The second-order valence-electron chi connectivity index (χ2n) is 4.88. The van der Waals surface area contributed by atoms with Gasteiger partial charge in [0.05, 0.1) is 6.61 Å². The number of hydrogen-bond donors (Lipinski definition) is 1. The summed E-state index contributed by atoms with van der Waals surface area (Å²) in [5.41, 5.74) is 1.31. The van der Waals surface area contributed by atoms with Crippen LogP contribution in [0.5, 0.6) is 5.75 Å². The topological polar surface area (TPSA) is 21.3 Å². The summed E-state index contributed by atoms with van der Waals surface area (Å²) in [5.74, 6) is 2.30. The number of thioether (sulfide) groups is 1. The fraction of sp³-hybridized carbons (Fsp3) is 0.600. The smallest absolute Gasteiger partial charge is 0.125 e. The molecule has 0 saturated heterocycles. The molecule has 2 rings (SSSR count). The van der Waals surface area contributed by atoms with Crippen LogP contribution in [0.4, 0.5) is 0 Å². The Morgan fingerprint density at radius 2 is 2.32 bits per heavy atom. The zero-order valence-corrected chi connectivity index (χ0v) is 13.9. The van der Waals surface area contributed by atoms with Crippen LogP contribution in [0.15, 0.2) is 22.7 Å². The van der Waals surface area contributed by atoms with E-state index in [-0.39, 0.29) is 0 Å². The van der Waals surface area contributed by atoms with Gasteiger partial charge in [0.2, 0.25) is 0 Å². The van der Waals surface area contributed by atoms with Crippen molar-refractivity contribution in [2.75, 3.05) is 25.2 Å². The lowest BCUT2D eigenvalue weighted by atomic mass is 10.0. The van der Waals surface area contributed by atoms with Crippen molar-refractivity contribution in [3.63, 3.8) is 0 Å². The molecule has 1 heterocycles. The van der Waals surface area contributed by atoms with Crippen LogP contribution in [0.2, 0.25) is 0 Å². The molecule has 0 radical (unpaired) electrons. The standard InChI is InChI=1S/C15H22BrNOS/c1-19-10-3-2-8-17-14-5-4-9-18-15-11-12(16)6-7-13(14)15/h6-7,11,14,17H,2-5,8-10H2,1H3. The highest BCUT2D eigenvalue weighted by molar-refractivity contribution is 9.10. The van der Waals surface area contributed by atoms with Crippen molar-refractivity contribution in [2.24, 2.45) is 0 Å². The van der Waals surface area contributed by atoms with Gasteiger partial charge in [-0.2, -0.15) is 11.8 Å². The molecule has 0 saturated carbocycles. The number of hydrogen-bond acceptors (Lipinski definition) is 3. The van der Waals surface area contributed by atoms with Gasteiger partial charge >= 0.3 is 0 Å². The molecule has 1 aliphatic heterocycles. The maximum Gasteiger partial charge on any atom is 0.125 e. The van der Waals surface area contributed by atoms with Gasteiger partial charge in [-0.25, -0.2) is 0 Å². The summed E-state index contributed by atoms with van der Waals surface area (Å²) < 4.78 is 6.92. The van der Waals surface area contributed by atoms with E-state index in [0.29, 0.717) is 6.04 Å². The molecule has 0 amide bonds. The van der Waals surface area contributed by atoms with E-state index in [0.717, 1.165) is 36.2 Å². The molecule has 1 aromatic rings.